The van der Waals surface area contributed by atoms with E-state index in [-0.39, 0.29) is 11.6 Å². The molecule has 0 fully saturated rings. The normalized spacial score (nSPS) is 11.7. The van der Waals surface area contributed by atoms with Crippen molar-refractivity contribution >= 4 is 5.97 Å². The minimum absolute atomic E-state index is 0.262. The van der Waals surface area contributed by atoms with Crippen LogP contribution < -0.4 is 0 Å². The van der Waals surface area contributed by atoms with E-state index in [9.17, 15) is 4.79 Å². The van der Waals surface area contributed by atoms with Gasteiger partial charge >= 0.3 is 5.97 Å². The largest absolute Gasteiger partial charge is 0.495 e. The predicted molar refractivity (Wildman–Crippen MR) is 51.2 cm³/mol. The van der Waals surface area contributed by atoms with Crippen LogP contribution in [0, 0.1) is 0 Å². The van der Waals surface area contributed by atoms with Crippen molar-refractivity contribution in [1.82, 2.24) is 0 Å². The first-order valence-electron chi connectivity index (χ1n) is 4.47. The van der Waals surface area contributed by atoms with E-state index in [2.05, 4.69) is 0 Å². The van der Waals surface area contributed by atoms with Crippen molar-refractivity contribution in [2.24, 2.45) is 0 Å². The Kier molecular flexibility index (Phi) is 5.19. The van der Waals surface area contributed by atoms with Crippen LogP contribution in [-0.4, -0.2) is 18.2 Å². The summed E-state index contributed by atoms with van der Waals surface area (Å²) < 4.78 is 10.00. The van der Waals surface area contributed by atoms with E-state index in [1.807, 2.05) is 27.7 Å². The van der Waals surface area contributed by atoms with E-state index in [1.165, 1.54) is 12.3 Å². The van der Waals surface area contributed by atoms with Crippen molar-refractivity contribution in [2.45, 2.75) is 39.7 Å². The van der Waals surface area contributed by atoms with Crippen LogP contribution in [0.2, 0.25) is 0 Å². The number of rotatable bonds is 4. The molecule has 0 radical (unpaired) electrons. The summed E-state index contributed by atoms with van der Waals surface area (Å²) in [7, 11) is 0. The van der Waals surface area contributed by atoms with Gasteiger partial charge in [0.15, 0.2) is 0 Å². The molecule has 0 saturated carbocycles. The van der Waals surface area contributed by atoms with E-state index in [1.54, 1.807) is 0 Å². The van der Waals surface area contributed by atoms with Gasteiger partial charge in [0, 0.05) is 0 Å². The second-order valence-electron chi connectivity index (χ2n) is 3.70. The van der Waals surface area contributed by atoms with E-state index in [0.717, 1.165) is 6.42 Å². The molecule has 0 aromatic carbocycles. The Labute approximate surface area is 79.7 Å². The highest BCUT2D eigenvalue weighted by Crippen LogP contribution is 2.06. The summed E-state index contributed by atoms with van der Waals surface area (Å²) in [5, 5.41) is 0. The number of carbonyl (C=O) groups excluding carboxylic acids is 1. The molecule has 3 nitrogen and oxygen atoms in total. The highest BCUT2D eigenvalue weighted by molar-refractivity contribution is 5.81. The molecule has 0 amide bonds. The van der Waals surface area contributed by atoms with Crippen LogP contribution in [0.1, 0.15) is 34.1 Å². The Morgan fingerprint density at radius 1 is 1.38 bits per heavy atom. The molecule has 0 aromatic heterocycles. The molecule has 76 valence electrons. The van der Waals surface area contributed by atoms with E-state index >= 15 is 0 Å². The maximum Gasteiger partial charge on any atom is 0.333 e. The summed E-state index contributed by atoms with van der Waals surface area (Å²) in [5.41, 5.74) is -0.262. The Morgan fingerprint density at radius 3 is 2.46 bits per heavy atom. The molecule has 0 heterocycles. The van der Waals surface area contributed by atoms with Crippen molar-refractivity contribution < 1.29 is 14.3 Å². The van der Waals surface area contributed by atoms with Crippen molar-refractivity contribution in [3.05, 3.63) is 12.3 Å². The van der Waals surface area contributed by atoms with Gasteiger partial charge in [0.1, 0.15) is 0 Å². The van der Waals surface area contributed by atoms with Gasteiger partial charge in [-0.15, -0.1) is 0 Å². The third kappa shape index (κ3) is 8.92. The van der Waals surface area contributed by atoms with E-state index in [0.29, 0.717) is 6.61 Å². The fourth-order valence-corrected chi connectivity index (χ4v) is 0.544. The first kappa shape index (κ1) is 12.0. The van der Waals surface area contributed by atoms with Crippen LogP contribution >= 0.6 is 0 Å². The van der Waals surface area contributed by atoms with Crippen molar-refractivity contribution in [3.63, 3.8) is 0 Å². The molecule has 0 spiro atoms. The zero-order valence-corrected chi connectivity index (χ0v) is 8.79. The van der Waals surface area contributed by atoms with Crippen LogP contribution in [0.4, 0.5) is 0 Å². The lowest BCUT2D eigenvalue weighted by Crippen LogP contribution is -2.15. The Bertz CT molecular complexity index is 177. The molecular weight excluding hydrogens is 168 g/mol. The van der Waals surface area contributed by atoms with Crippen LogP contribution in [0.25, 0.3) is 0 Å². The number of hydrogen-bond donors (Lipinski definition) is 0. The summed E-state index contributed by atoms with van der Waals surface area (Å²) in [6, 6.07) is 0. The van der Waals surface area contributed by atoms with Gasteiger partial charge in [-0.1, -0.05) is 6.92 Å². The molecule has 0 aliphatic rings. The Balaban J connectivity index is 3.66. The van der Waals surface area contributed by atoms with Gasteiger partial charge in [-0.2, -0.15) is 0 Å². The average Bonchev–Trinajstić information content (AvgIpc) is 1.98. The lowest BCUT2D eigenvalue weighted by atomic mass is 10.2. The fourth-order valence-electron chi connectivity index (χ4n) is 0.544. The highest BCUT2D eigenvalue weighted by atomic mass is 16.5. The average molecular weight is 186 g/mol. The molecule has 0 bridgehead atoms. The molecule has 0 rings (SSSR count). The maximum atomic E-state index is 10.9. The molecule has 3 heteroatoms. The zero-order valence-electron chi connectivity index (χ0n) is 8.79. The molecule has 0 aliphatic carbocycles. The minimum Gasteiger partial charge on any atom is -0.495 e. The molecule has 13 heavy (non-hydrogen) atoms. The van der Waals surface area contributed by atoms with Gasteiger partial charge in [-0.05, 0) is 27.2 Å². The standard InChI is InChI=1S/C10H18O3/c1-5-7-12-9(11)6-8-13-10(2,3)4/h6,8H,5,7H2,1-4H3. The number of ether oxygens (including phenoxy) is 2. The SMILES string of the molecule is CCCOC(=O)C=COC(C)(C)C. The Hall–Kier alpha value is -0.990. The topological polar surface area (TPSA) is 35.5 Å². The lowest BCUT2D eigenvalue weighted by Gasteiger charge is -2.17. The molecule has 0 atom stereocenters. The smallest absolute Gasteiger partial charge is 0.333 e. The molecule has 0 aliphatic heterocycles. The molecule has 0 N–H and O–H groups in total. The van der Waals surface area contributed by atoms with Gasteiger partial charge in [0.25, 0.3) is 0 Å². The lowest BCUT2D eigenvalue weighted by molar-refractivity contribution is -0.137. The van der Waals surface area contributed by atoms with Gasteiger partial charge in [-0.25, -0.2) is 4.79 Å². The quantitative estimate of drug-likeness (QED) is 0.384. The minimum atomic E-state index is -0.355. The molecular formula is C10H18O3. The van der Waals surface area contributed by atoms with Gasteiger partial charge < -0.3 is 9.47 Å². The summed E-state index contributed by atoms with van der Waals surface area (Å²) in [6.07, 6.45) is 3.50. The van der Waals surface area contributed by atoms with E-state index < -0.39 is 0 Å². The molecule has 0 unspecified atom stereocenters. The summed E-state index contributed by atoms with van der Waals surface area (Å²) >= 11 is 0. The summed E-state index contributed by atoms with van der Waals surface area (Å²) in [4.78, 5) is 10.9. The maximum absolute atomic E-state index is 10.9. The van der Waals surface area contributed by atoms with Crippen LogP contribution in [0.5, 0.6) is 0 Å². The van der Waals surface area contributed by atoms with Gasteiger partial charge in [0.05, 0.1) is 24.5 Å². The van der Waals surface area contributed by atoms with Gasteiger partial charge in [-0.3, -0.25) is 0 Å². The number of hydrogen-bond acceptors (Lipinski definition) is 3. The Morgan fingerprint density at radius 2 is 2.00 bits per heavy atom. The van der Waals surface area contributed by atoms with Crippen molar-refractivity contribution in [1.29, 1.82) is 0 Å². The first-order valence-corrected chi connectivity index (χ1v) is 4.47. The van der Waals surface area contributed by atoms with Crippen molar-refractivity contribution in [3.8, 4) is 0 Å². The zero-order chi connectivity index (χ0) is 10.3. The molecule has 0 saturated heterocycles. The highest BCUT2D eigenvalue weighted by Gasteiger charge is 2.07. The van der Waals surface area contributed by atoms with Crippen LogP contribution in [0.3, 0.4) is 0 Å². The van der Waals surface area contributed by atoms with E-state index in [4.69, 9.17) is 9.47 Å². The summed E-state index contributed by atoms with van der Waals surface area (Å²) in [6.45, 7) is 8.14. The number of esters is 1. The first-order chi connectivity index (χ1) is 5.95. The van der Waals surface area contributed by atoms with Crippen LogP contribution in [0.15, 0.2) is 12.3 Å². The third-order valence-corrected chi connectivity index (χ3v) is 1.07. The van der Waals surface area contributed by atoms with Crippen molar-refractivity contribution in [2.75, 3.05) is 6.61 Å². The number of carbonyl (C=O) groups is 1. The van der Waals surface area contributed by atoms with Crippen LogP contribution in [-0.2, 0) is 14.3 Å². The second kappa shape index (κ2) is 5.62. The summed E-state index contributed by atoms with van der Waals surface area (Å²) in [5.74, 6) is -0.355. The molecule has 0 aromatic rings. The predicted octanol–water partition coefficient (Wildman–Crippen LogP) is 2.27. The van der Waals surface area contributed by atoms with Gasteiger partial charge in [0.2, 0.25) is 0 Å². The second-order valence-corrected chi connectivity index (χ2v) is 3.70. The fraction of sp³-hybridized carbons (Fsp3) is 0.700. The monoisotopic (exact) mass is 186 g/mol. The third-order valence-electron chi connectivity index (χ3n) is 1.07.